The maximum Gasteiger partial charge on any atom is 0.319 e. The number of carbonyl (C=O) groups is 1. The average molecular weight is 334 g/mol. The van der Waals surface area contributed by atoms with Crippen LogP contribution in [-0.2, 0) is 0 Å². The number of aldehydes is 1. The first kappa shape index (κ1) is 15.9. The molecule has 0 spiro atoms. The molecule has 3 rings (SSSR count). The van der Waals surface area contributed by atoms with E-state index in [9.17, 15) is 22.4 Å². The quantitative estimate of drug-likeness (QED) is 0.512. The number of aromatic nitrogens is 2. The molecular weight excluding hydrogens is 324 g/mol. The molecule has 3 aromatic rings. The van der Waals surface area contributed by atoms with Crippen LogP contribution >= 0.6 is 0 Å². The number of halogens is 4. The lowest BCUT2D eigenvalue weighted by atomic mass is 10.0. The lowest BCUT2D eigenvalue weighted by molar-refractivity contribution is 0.0702. The average Bonchev–Trinajstić information content (AvgIpc) is 3.05. The van der Waals surface area contributed by atoms with E-state index in [1.807, 2.05) is 0 Å². The topological polar surface area (TPSA) is 34.9 Å². The third kappa shape index (κ3) is 2.92. The number of nitrogens with zero attached hydrogens (tertiary/aromatic N) is 2. The molecule has 0 atom stereocenters. The smallest absolute Gasteiger partial charge is 0.298 e. The normalized spacial score (nSPS) is 11.0. The minimum absolute atomic E-state index is 0.122. The van der Waals surface area contributed by atoms with E-state index in [0.717, 1.165) is 18.5 Å². The third-order valence-electron chi connectivity index (χ3n) is 3.54. The van der Waals surface area contributed by atoms with Gasteiger partial charge >= 0.3 is 6.55 Å². The standard InChI is InChI=1S/C17H10F4N2O/c18-14-5-12(6-15(19)13(14)8-24)10-1-3-11(4-2-10)16-7-23(9-22-16)17(20)21/h1-9,17H. The molecule has 0 aliphatic heterocycles. The van der Waals surface area contributed by atoms with Gasteiger partial charge in [-0.15, -0.1) is 0 Å². The van der Waals surface area contributed by atoms with Crippen LogP contribution in [0.25, 0.3) is 22.4 Å². The van der Waals surface area contributed by atoms with Crippen LogP contribution < -0.4 is 0 Å². The van der Waals surface area contributed by atoms with Crippen molar-refractivity contribution in [1.82, 2.24) is 9.55 Å². The molecule has 0 unspecified atom stereocenters. The van der Waals surface area contributed by atoms with Crippen molar-refractivity contribution in [3.8, 4) is 22.4 Å². The number of benzene rings is 2. The van der Waals surface area contributed by atoms with Gasteiger partial charge in [-0.05, 0) is 23.3 Å². The summed E-state index contributed by atoms with van der Waals surface area (Å²) in [7, 11) is 0. The molecule has 0 aliphatic carbocycles. The van der Waals surface area contributed by atoms with Gasteiger partial charge < -0.3 is 0 Å². The summed E-state index contributed by atoms with van der Waals surface area (Å²) < 4.78 is 53.1. The molecule has 0 amide bonds. The van der Waals surface area contributed by atoms with Crippen molar-refractivity contribution in [2.75, 3.05) is 0 Å². The van der Waals surface area contributed by atoms with E-state index >= 15 is 0 Å². The van der Waals surface area contributed by atoms with Gasteiger partial charge in [0.2, 0.25) is 0 Å². The van der Waals surface area contributed by atoms with Crippen molar-refractivity contribution in [3.63, 3.8) is 0 Å². The molecule has 0 radical (unpaired) electrons. The summed E-state index contributed by atoms with van der Waals surface area (Å²) in [6, 6.07) is 8.52. The van der Waals surface area contributed by atoms with Gasteiger partial charge in [0, 0.05) is 11.8 Å². The van der Waals surface area contributed by atoms with E-state index in [4.69, 9.17) is 0 Å². The fraction of sp³-hybridized carbons (Fsp3) is 0.0588. The van der Waals surface area contributed by atoms with Gasteiger partial charge in [-0.25, -0.2) is 13.8 Å². The largest absolute Gasteiger partial charge is 0.319 e. The van der Waals surface area contributed by atoms with Crippen LogP contribution in [0.5, 0.6) is 0 Å². The molecule has 7 heteroatoms. The summed E-state index contributed by atoms with van der Waals surface area (Å²) in [6.07, 6.45) is 2.35. The maximum absolute atomic E-state index is 13.7. The van der Waals surface area contributed by atoms with Gasteiger partial charge in [-0.2, -0.15) is 8.78 Å². The molecule has 2 aromatic carbocycles. The number of carbonyl (C=O) groups excluding carboxylic acids is 1. The SMILES string of the molecule is O=Cc1c(F)cc(-c2ccc(-c3cn(C(F)F)cn3)cc2)cc1F. The zero-order valence-corrected chi connectivity index (χ0v) is 12.1. The Morgan fingerprint density at radius 2 is 1.54 bits per heavy atom. The predicted molar refractivity (Wildman–Crippen MR) is 79.7 cm³/mol. The highest BCUT2D eigenvalue weighted by molar-refractivity contribution is 5.78. The summed E-state index contributed by atoms with van der Waals surface area (Å²) in [6.45, 7) is -2.67. The lowest BCUT2D eigenvalue weighted by Gasteiger charge is -2.06. The Morgan fingerprint density at radius 3 is 2.04 bits per heavy atom. The van der Waals surface area contributed by atoms with Gasteiger partial charge in [0.05, 0.1) is 17.6 Å². The van der Waals surface area contributed by atoms with Crippen LogP contribution in [0.1, 0.15) is 16.9 Å². The van der Waals surface area contributed by atoms with E-state index < -0.39 is 23.7 Å². The molecule has 0 saturated heterocycles. The van der Waals surface area contributed by atoms with Gasteiger partial charge in [0.25, 0.3) is 0 Å². The first-order chi connectivity index (χ1) is 11.5. The van der Waals surface area contributed by atoms with Crippen LogP contribution in [0.2, 0.25) is 0 Å². The molecule has 0 fully saturated rings. The van der Waals surface area contributed by atoms with Gasteiger partial charge in [-0.1, -0.05) is 24.3 Å². The molecule has 0 bridgehead atoms. The predicted octanol–water partition coefficient (Wildman–Crippen LogP) is 4.70. The van der Waals surface area contributed by atoms with Crippen LogP contribution in [0, 0.1) is 11.6 Å². The Labute approximate surface area is 134 Å². The minimum atomic E-state index is -2.67. The van der Waals surface area contributed by atoms with Gasteiger partial charge in [0.1, 0.15) is 11.6 Å². The molecule has 0 aliphatic rings. The van der Waals surface area contributed by atoms with Gasteiger partial charge in [-0.3, -0.25) is 9.36 Å². The number of hydrogen-bond donors (Lipinski definition) is 0. The highest BCUT2D eigenvalue weighted by Gasteiger charge is 2.12. The van der Waals surface area contributed by atoms with Crippen molar-refractivity contribution < 1.29 is 22.4 Å². The summed E-state index contributed by atoms with van der Waals surface area (Å²) in [5.74, 6) is -1.89. The zero-order chi connectivity index (χ0) is 17.3. The lowest BCUT2D eigenvalue weighted by Crippen LogP contribution is -1.94. The minimum Gasteiger partial charge on any atom is -0.298 e. The molecule has 3 nitrogen and oxygen atoms in total. The van der Waals surface area contributed by atoms with Crippen molar-refractivity contribution in [3.05, 3.63) is 66.1 Å². The number of rotatable bonds is 4. The second kappa shape index (κ2) is 6.27. The second-order valence-corrected chi connectivity index (χ2v) is 5.03. The molecular formula is C17H10F4N2O. The summed E-state index contributed by atoms with van der Waals surface area (Å²) in [5, 5.41) is 0. The molecule has 1 aromatic heterocycles. The zero-order valence-electron chi connectivity index (χ0n) is 12.1. The van der Waals surface area contributed by atoms with Crippen molar-refractivity contribution >= 4 is 6.29 Å². The Hall–Kier alpha value is -2.96. The van der Waals surface area contributed by atoms with Crippen LogP contribution in [0.15, 0.2) is 48.9 Å². The van der Waals surface area contributed by atoms with Crippen molar-refractivity contribution in [2.45, 2.75) is 6.55 Å². The number of alkyl halides is 2. The van der Waals surface area contributed by atoms with E-state index in [2.05, 4.69) is 4.98 Å². The molecule has 122 valence electrons. The van der Waals surface area contributed by atoms with E-state index in [0.29, 0.717) is 21.4 Å². The monoisotopic (exact) mass is 334 g/mol. The van der Waals surface area contributed by atoms with Gasteiger partial charge in [0.15, 0.2) is 6.29 Å². The first-order valence-electron chi connectivity index (χ1n) is 6.86. The highest BCUT2D eigenvalue weighted by Crippen LogP contribution is 2.27. The molecule has 0 N–H and O–H groups in total. The van der Waals surface area contributed by atoms with Crippen LogP contribution in [0.4, 0.5) is 17.6 Å². The Morgan fingerprint density at radius 1 is 0.958 bits per heavy atom. The Balaban J connectivity index is 1.93. The van der Waals surface area contributed by atoms with E-state index in [1.165, 1.54) is 6.20 Å². The molecule has 1 heterocycles. The van der Waals surface area contributed by atoms with Crippen molar-refractivity contribution in [1.29, 1.82) is 0 Å². The number of hydrogen-bond acceptors (Lipinski definition) is 2. The van der Waals surface area contributed by atoms with Crippen molar-refractivity contribution in [2.24, 2.45) is 0 Å². The van der Waals surface area contributed by atoms with Crippen LogP contribution in [0.3, 0.4) is 0 Å². The fourth-order valence-corrected chi connectivity index (χ4v) is 2.29. The molecule has 24 heavy (non-hydrogen) atoms. The summed E-state index contributed by atoms with van der Waals surface area (Å²) in [5.41, 5.74) is 1.11. The Kier molecular flexibility index (Phi) is 4.16. The highest BCUT2D eigenvalue weighted by atomic mass is 19.3. The second-order valence-electron chi connectivity index (χ2n) is 5.03. The van der Waals surface area contributed by atoms with E-state index in [-0.39, 0.29) is 11.8 Å². The third-order valence-corrected chi connectivity index (χ3v) is 3.54. The number of imidazole rings is 1. The summed E-state index contributed by atoms with van der Waals surface area (Å²) >= 11 is 0. The first-order valence-corrected chi connectivity index (χ1v) is 6.86. The maximum atomic E-state index is 13.7. The van der Waals surface area contributed by atoms with Crippen LogP contribution in [-0.4, -0.2) is 15.8 Å². The summed E-state index contributed by atoms with van der Waals surface area (Å²) in [4.78, 5) is 14.5. The van der Waals surface area contributed by atoms with E-state index in [1.54, 1.807) is 24.3 Å². The molecule has 0 saturated carbocycles. The Bertz CT molecular complexity index is 865. The fourth-order valence-electron chi connectivity index (χ4n) is 2.29.